The minimum absolute atomic E-state index is 0.486. The summed E-state index contributed by atoms with van der Waals surface area (Å²) in [6.45, 7) is 16.8. The average molecular weight is 311 g/mol. The summed E-state index contributed by atoms with van der Waals surface area (Å²) in [5.74, 6) is 2.49. The van der Waals surface area contributed by atoms with E-state index in [4.69, 9.17) is 4.99 Å². The Kier molecular flexibility index (Phi) is 9.53. The summed E-state index contributed by atoms with van der Waals surface area (Å²) in [5, 5.41) is 6.95. The van der Waals surface area contributed by atoms with Crippen molar-refractivity contribution < 1.29 is 0 Å². The number of nitrogens with one attached hydrogen (secondary N) is 2. The molecule has 22 heavy (non-hydrogen) atoms. The maximum absolute atomic E-state index is 4.82. The predicted octanol–water partition coefficient (Wildman–Crippen LogP) is 3.10. The lowest BCUT2D eigenvalue weighted by molar-refractivity contribution is 0.326. The van der Waals surface area contributed by atoms with E-state index in [0.717, 1.165) is 30.9 Å². The van der Waals surface area contributed by atoms with Crippen LogP contribution < -0.4 is 10.6 Å². The molecule has 1 aliphatic heterocycles. The largest absolute Gasteiger partial charge is 0.357 e. The summed E-state index contributed by atoms with van der Waals surface area (Å²) < 4.78 is 0. The highest BCUT2D eigenvalue weighted by Gasteiger charge is 2.21. The molecule has 0 spiro atoms. The Labute approximate surface area is 138 Å². The van der Waals surface area contributed by atoms with Crippen molar-refractivity contribution in [2.45, 2.75) is 66.3 Å². The molecule has 0 radical (unpaired) electrons. The van der Waals surface area contributed by atoms with Crippen LogP contribution in [0.5, 0.6) is 0 Å². The lowest BCUT2D eigenvalue weighted by Crippen LogP contribution is -2.42. The van der Waals surface area contributed by atoms with Crippen LogP contribution in [0, 0.1) is 11.8 Å². The second-order valence-electron chi connectivity index (χ2n) is 7.19. The molecule has 4 nitrogen and oxygen atoms in total. The summed E-state index contributed by atoms with van der Waals surface area (Å²) in [4.78, 5) is 7.40. The molecule has 1 fully saturated rings. The molecular formula is C18H38N4. The molecule has 1 rings (SSSR count). The minimum atomic E-state index is 0.486. The molecule has 0 saturated carbocycles. The Bertz CT molecular complexity index is 314. The number of nitrogens with zero attached hydrogens (tertiary/aromatic N) is 2. The predicted molar refractivity (Wildman–Crippen MR) is 97.5 cm³/mol. The second kappa shape index (κ2) is 10.9. The van der Waals surface area contributed by atoms with E-state index in [1.807, 2.05) is 0 Å². The molecule has 130 valence electrons. The van der Waals surface area contributed by atoms with Crippen molar-refractivity contribution in [2.75, 3.05) is 32.7 Å². The topological polar surface area (TPSA) is 39.7 Å². The van der Waals surface area contributed by atoms with Gasteiger partial charge < -0.3 is 15.5 Å². The van der Waals surface area contributed by atoms with Crippen LogP contribution in [0.3, 0.4) is 0 Å². The zero-order chi connectivity index (χ0) is 16.4. The van der Waals surface area contributed by atoms with E-state index in [-0.39, 0.29) is 0 Å². The van der Waals surface area contributed by atoms with Gasteiger partial charge >= 0.3 is 0 Å². The molecule has 1 heterocycles. The number of guanidine groups is 1. The summed E-state index contributed by atoms with van der Waals surface area (Å²) in [7, 11) is 0. The first-order chi connectivity index (χ1) is 10.5. The van der Waals surface area contributed by atoms with Gasteiger partial charge in [0.15, 0.2) is 5.96 Å². The average Bonchev–Trinajstić information content (AvgIpc) is 2.91. The summed E-state index contributed by atoms with van der Waals surface area (Å²) in [6, 6.07) is 0.486. The van der Waals surface area contributed by atoms with E-state index in [9.17, 15) is 0 Å². The molecule has 2 N–H and O–H groups in total. The molecule has 4 heteroatoms. The van der Waals surface area contributed by atoms with Crippen LogP contribution in [0.15, 0.2) is 4.99 Å². The van der Waals surface area contributed by atoms with E-state index >= 15 is 0 Å². The van der Waals surface area contributed by atoms with Crippen LogP contribution in [-0.2, 0) is 0 Å². The van der Waals surface area contributed by atoms with Gasteiger partial charge in [-0.2, -0.15) is 0 Å². The van der Waals surface area contributed by atoms with Crippen molar-refractivity contribution in [2.24, 2.45) is 16.8 Å². The lowest BCUT2D eigenvalue weighted by atomic mass is 10.0. The highest BCUT2D eigenvalue weighted by atomic mass is 15.2. The number of likely N-dealkylation sites (tertiary alicyclic amines) is 1. The smallest absolute Gasteiger partial charge is 0.191 e. The summed E-state index contributed by atoms with van der Waals surface area (Å²) >= 11 is 0. The molecule has 0 aliphatic carbocycles. The van der Waals surface area contributed by atoms with E-state index in [2.05, 4.69) is 50.2 Å². The Morgan fingerprint density at radius 2 is 2.00 bits per heavy atom. The van der Waals surface area contributed by atoms with Crippen molar-refractivity contribution >= 4 is 5.96 Å². The van der Waals surface area contributed by atoms with Crippen LogP contribution in [0.4, 0.5) is 0 Å². The Morgan fingerprint density at radius 1 is 1.23 bits per heavy atom. The standard InChI is InChI=1S/C18H38N4/c1-6-11-22-12-10-17(14-22)13-20-18(19-7-2)21-16(5)9-8-15(3)4/h15-17H,6-14H2,1-5H3,(H2,19,20,21). The number of hydrogen-bond donors (Lipinski definition) is 2. The zero-order valence-electron chi connectivity index (χ0n) is 15.5. The van der Waals surface area contributed by atoms with Crippen molar-refractivity contribution in [1.29, 1.82) is 0 Å². The Balaban J connectivity index is 2.38. The van der Waals surface area contributed by atoms with Crippen LogP contribution >= 0.6 is 0 Å². The first-order valence-electron chi connectivity index (χ1n) is 9.32. The molecular weight excluding hydrogens is 272 g/mol. The van der Waals surface area contributed by atoms with Gasteiger partial charge in [0.25, 0.3) is 0 Å². The molecule has 1 aliphatic rings. The van der Waals surface area contributed by atoms with Gasteiger partial charge in [0.05, 0.1) is 0 Å². The van der Waals surface area contributed by atoms with Crippen molar-refractivity contribution in [1.82, 2.24) is 15.5 Å². The first kappa shape index (κ1) is 19.3. The first-order valence-corrected chi connectivity index (χ1v) is 9.32. The molecule has 2 atom stereocenters. The van der Waals surface area contributed by atoms with E-state index in [0.29, 0.717) is 6.04 Å². The van der Waals surface area contributed by atoms with Crippen LogP contribution in [0.2, 0.25) is 0 Å². The van der Waals surface area contributed by atoms with E-state index < -0.39 is 0 Å². The van der Waals surface area contributed by atoms with E-state index in [1.165, 1.54) is 45.3 Å². The van der Waals surface area contributed by atoms with Crippen molar-refractivity contribution in [3.8, 4) is 0 Å². The Hall–Kier alpha value is -0.770. The van der Waals surface area contributed by atoms with Crippen LogP contribution in [0.1, 0.15) is 60.3 Å². The molecule has 0 aromatic rings. The van der Waals surface area contributed by atoms with Gasteiger partial charge in [-0.25, -0.2) is 0 Å². The van der Waals surface area contributed by atoms with Crippen molar-refractivity contribution in [3.63, 3.8) is 0 Å². The van der Waals surface area contributed by atoms with Crippen LogP contribution in [-0.4, -0.2) is 49.6 Å². The SMILES string of the molecule is CCCN1CCC(CN=C(NCC)NC(C)CCC(C)C)C1. The van der Waals surface area contributed by atoms with E-state index in [1.54, 1.807) is 0 Å². The third-order valence-electron chi connectivity index (χ3n) is 4.32. The quantitative estimate of drug-likeness (QED) is 0.508. The third-order valence-corrected chi connectivity index (χ3v) is 4.32. The third kappa shape index (κ3) is 8.02. The van der Waals surface area contributed by atoms with Gasteiger partial charge in [0.2, 0.25) is 0 Å². The molecule has 0 aromatic heterocycles. The molecule has 0 aromatic carbocycles. The minimum Gasteiger partial charge on any atom is -0.357 e. The van der Waals surface area contributed by atoms with Gasteiger partial charge in [-0.1, -0.05) is 20.8 Å². The van der Waals surface area contributed by atoms with Crippen molar-refractivity contribution in [3.05, 3.63) is 0 Å². The summed E-state index contributed by atoms with van der Waals surface area (Å²) in [6.07, 6.45) is 5.03. The molecule has 1 saturated heterocycles. The molecule has 2 unspecified atom stereocenters. The van der Waals surface area contributed by atoms with Crippen LogP contribution in [0.25, 0.3) is 0 Å². The molecule has 0 bridgehead atoms. The fraction of sp³-hybridized carbons (Fsp3) is 0.944. The van der Waals surface area contributed by atoms with Gasteiger partial charge in [0.1, 0.15) is 0 Å². The number of hydrogen-bond acceptors (Lipinski definition) is 2. The highest BCUT2D eigenvalue weighted by molar-refractivity contribution is 5.80. The Morgan fingerprint density at radius 3 is 2.64 bits per heavy atom. The van der Waals surface area contributed by atoms with Gasteiger partial charge in [-0.3, -0.25) is 4.99 Å². The zero-order valence-corrected chi connectivity index (χ0v) is 15.5. The molecule has 0 amide bonds. The fourth-order valence-corrected chi connectivity index (χ4v) is 3.01. The maximum atomic E-state index is 4.82. The lowest BCUT2D eigenvalue weighted by Gasteiger charge is -2.19. The van der Waals surface area contributed by atoms with Gasteiger partial charge in [-0.15, -0.1) is 0 Å². The number of aliphatic imine (C=N–C) groups is 1. The number of rotatable bonds is 9. The highest BCUT2D eigenvalue weighted by Crippen LogP contribution is 2.16. The monoisotopic (exact) mass is 310 g/mol. The van der Waals surface area contributed by atoms with Gasteiger partial charge in [0, 0.05) is 25.7 Å². The fourth-order valence-electron chi connectivity index (χ4n) is 3.01. The maximum Gasteiger partial charge on any atom is 0.191 e. The summed E-state index contributed by atoms with van der Waals surface area (Å²) in [5.41, 5.74) is 0. The van der Waals surface area contributed by atoms with Gasteiger partial charge in [-0.05, 0) is 64.5 Å². The second-order valence-corrected chi connectivity index (χ2v) is 7.19. The normalized spacial score (nSPS) is 21.4.